The van der Waals surface area contributed by atoms with Crippen molar-refractivity contribution in [1.82, 2.24) is 14.5 Å². The number of carbonyl (C=O) groups excluding carboxylic acids is 1. The number of amides is 1. The van der Waals surface area contributed by atoms with Crippen molar-refractivity contribution in [3.8, 4) is 0 Å². The first-order valence-corrected chi connectivity index (χ1v) is 5.23. The summed E-state index contributed by atoms with van der Waals surface area (Å²) in [5.41, 5.74) is 0. The van der Waals surface area contributed by atoms with Gasteiger partial charge in [0.15, 0.2) is 0 Å². The van der Waals surface area contributed by atoms with Crippen molar-refractivity contribution in [2.75, 3.05) is 19.7 Å². The normalized spacial score (nSPS) is 10.1. The van der Waals surface area contributed by atoms with Crippen LogP contribution in [-0.4, -0.2) is 45.2 Å². The third kappa shape index (κ3) is 3.86. The molecule has 0 aromatic carbocycles. The van der Waals surface area contributed by atoms with E-state index in [9.17, 15) is 4.79 Å². The van der Waals surface area contributed by atoms with Crippen LogP contribution >= 0.6 is 0 Å². The number of aryl methyl sites for hydroxylation is 1. The SMILES string of the molecule is C=CCN(CCO)C(=O)CCn1ccnc1. The van der Waals surface area contributed by atoms with Crippen molar-refractivity contribution < 1.29 is 9.90 Å². The van der Waals surface area contributed by atoms with E-state index in [0.29, 0.717) is 26.1 Å². The third-order valence-electron chi connectivity index (χ3n) is 2.22. The van der Waals surface area contributed by atoms with E-state index in [-0.39, 0.29) is 12.5 Å². The monoisotopic (exact) mass is 223 g/mol. The van der Waals surface area contributed by atoms with Crippen molar-refractivity contribution in [2.24, 2.45) is 0 Å². The van der Waals surface area contributed by atoms with Crippen molar-refractivity contribution in [1.29, 1.82) is 0 Å². The van der Waals surface area contributed by atoms with Gasteiger partial charge in [0.05, 0.1) is 12.9 Å². The van der Waals surface area contributed by atoms with Gasteiger partial charge >= 0.3 is 0 Å². The minimum Gasteiger partial charge on any atom is -0.395 e. The van der Waals surface area contributed by atoms with Gasteiger partial charge in [-0.05, 0) is 0 Å². The Balaban J connectivity index is 2.39. The molecule has 0 unspecified atom stereocenters. The smallest absolute Gasteiger partial charge is 0.224 e. The molecule has 1 rings (SSSR count). The largest absolute Gasteiger partial charge is 0.395 e. The Morgan fingerprint density at radius 2 is 2.44 bits per heavy atom. The highest BCUT2D eigenvalue weighted by Crippen LogP contribution is 1.98. The molecule has 0 bridgehead atoms. The number of aliphatic hydroxyl groups is 1. The molecule has 16 heavy (non-hydrogen) atoms. The van der Waals surface area contributed by atoms with E-state index < -0.39 is 0 Å². The predicted molar refractivity (Wildman–Crippen MR) is 60.7 cm³/mol. The Hall–Kier alpha value is -1.62. The van der Waals surface area contributed by atoms with E-state index in [0.717, 1.165) is 0 Å². The molecule has 0 aliphatic rings. The lowest BCUT2D eigenvalue weighted by molar-refractivity contribution is -0.131. The Kier molecular flexibility index (Phi) is 5.28. The molecule has 0 spiro atoms. The summed E-state index contributed by atoms with van der Waals surface area (Å²) in [7, 11) is 0. The molecular weight excluding hydrogens is 206 g/mol. The summed E-state index contributed by atoms with van der Waals surface area (Å²) in [5.74, 6) is 0.0163. The molecule has 1 amide bonds. The second-order valence-corrected chi connectivity index (χ2v) is 3.40. The minimum absolute atomic E-state index is 0.0163. The number of aromatic nitrogens is 2. The Morgan fingerprint density at radius 3 is 3.00 bits per heavy atom. The van der Waals surface area contributed by atoms with Crippen LogP contribution in [0.2, 0.25) is 0 Å². The minimum atomic E-state index is -0.0232. The molecule has 0 atom stereocenters. The van der Waals surface area contributed by atoms with E-state index in [1.807, 2.05) is 10.8 Å². The quantitative estimate of drug-likeness (QED) is 0.675. The maximum Gasteiger partial charge on any atom is 0.224 e. The first kappa shape index (κ1) is 12.4. The Labute approximate surface area is 95.0 Å². The van der Waals surface area contributed by atoms with E-state index in [1.54, 1.807) is 23.5 Å². The summed E-state index contributed by atoms with van der Waals surface area (Å²) in [6, 6.07) is 0. The molecule has 1 heterocycles. The van der Waals surface area contributed by atoms with Crippen LogP contribution in [0.3, 0.4) is 0 Å². The summed E-state index contributed by atoms with van der Waals surface area (Å²) in [4.78, 5) is 17.2. The number of nitrogens with zero attached hydrogens (tertiary/aromatic N) is 3. The molecule has 5 nitrogen and oxygen atoms in total. The zero-order valence-electron chi connectivity index (χ0n) is 9.25. The van der Waals surface area contributed by atoms with Gasteiger partial charge in [0.25, 0.3) is 0 Å². The van der Waals surface area contributed by atoms with Crippen LogP contribution < -0.4 is 0 Å². The lowest BCUT2D eigenvalue weighted by Crippen LogP contribution is -2.34. The number of carbonyl (C=O) groups is 1. The number of hydrogen-bond donors (Lipinski definition) is 1. The summed E-state index contributed by atoms with van der Waals surface area (Å²) >= 11 is 0. The Bertz CT molecular complexity index is 322. The van der Waals surface area contributed by atoms with Gasteiger partial charge in [-0.3, -0.25) is 4.79 Å². The van der Waals surface area contributed by atoms with Crippen LogP contribution in [0.15, 0.2) is 31.4 Å². The standard InChI is InChI=1S/C11H17N3O2/c1-2-5-14(8-9-15)11(16)3-6-13-7-4-12-10-13/h2,4,7,10,15H,1,3,5-6,8-9H2. The molecule has 0 radical (unpaired) electrons. The summed E-state index contributed by atoms with van der Waals surface area (Å²) in [6.45, 7) is 5.00. The van der Waals surface area contributed by atoms with Gasteiger partial charge in [0, 0.05) is 38.4 Å². The van der Waals surface area contributed by atoms with Crippen LogP contribution in [0.25, 0.3) is 0 Å². The fourth-order valence-electron chi connectivity index (χ4n) is 1.40. The van der Waals surface area contributed by atoms with Crippen molar-refractivity contribution in [3.05, 3.63) is 31.4 Å². The summed E-state index contributed by atoms with van der Waals surface area (Å²) in [5, 5.41) is 8.82. The highest BCUT2D eigenvalue weighted by atomic mass is 16.3. The van der Waals surface area contributed by atoms with Crippen LogP contribution in [0, 0.1) is 0 Å². The number of hydrogen-bond acceptors (Lipinski definition) is 3. The first-order chi connectivity index (χ1) is 7.77. The van der Waals surface area contributed by atoms with E-state index in [1.165, 1.54) is 0 Å². The number of rotatable bonds is 7. The second kappa shape index (κ2) is 6.79. The van der Waals surface area contributed by atoms with Gasteiger partial charge < -0.3 is 14.6 Å². The summed E-state index contributed by atoms with van der Waals surface area (Å²) in [6.07, 6.45) is 7.24. The zero-order chi connectivity index (χ0) is 11.8. The molecule has 1 N–H and O–H groups in total. The maximum absolute atomic E-state index is 11.8. The first-order valence-electron chi connectivity index (χ1n) is 5.23. The van der Waals surface area contributed by atoms with Crippen LogP contribution in [-0.2, 0) is 11.3 Å². The van der Waals surface area contributed by atoms with Gasteiger partial charge in [-0.15, -0.1) is 6.58 Å². The Morgan fingerprint density at radius 1 is 1.62 bits per heavy atom. The number of imidazole rings is 1. The maximum atomic E-state index is 11.8. The molecule has 0 aliphatic carbocycles. The highest BCUT2D eigenvalue weighted by molar-refractivity contribution is 5.76. The number of aliphatic hydroxyl groups excluding tert-OH is 1. The van der Waals surface area contributed by atoms with E-state index in [2.05, 4.69) is 11.6 Å². The van der Waals surface area contributed by atoms with Crippen LogP contribution in [0.4, 0.5) is 0 Å². The zero-order valence-corrected chi connectivity index (χ0v) is 9.25. The topological polar surface area (TPSA) is 58.4 Å². The molecule has 88 valence electrons. The van der Waals surface area contributed by atoms with Crippen molar-refractivity contribution in [2.45, 2.75) is 13.0 Å². The molecule has 0 aliphatic heterocycles. The van der Waals surface area contributed by atoms with Gasteiger partial charge in [-0.25, -0.2) is 4.98 Å². The molecular formula is C11H17N3O2. The third-order valence-corrected chi connectivity index (χ3v) is 2.22. The van der Waals surface area contributed by atoms with Crippen LogP contribution in [0.5, 0.6) is 0 Å². The molecule has 0 saturated carbocycles. The van der Waals surface area contributed by atoms with Gasteiger partial charge in [0.2, 0.25) is 5.91 Å². The fraction of sp³-hybridized carbons (Fsp3) is 0.455. The average Bonchev–Trinajstić information content (AvgIpc) is 2.78. The van der Waals surface area contributed by atoms with Gasteiger partial charge in [-0.1, -0.05) is 6.08 Å². The molecule has 1 aromatic rings. The lowest BCUT2D eigenvalue weighted by Gasteiger charge is -2.19. The van der Waals surface area contributed by atoms with Gasteiger partial charge in [0.1, 0.15) is 0 Å². The predicted octanol–water partition coefficient (Wildman–Crippen LogP) is 0.280. The van der Waals surface area contributed by atoms with E-state index in [4.69, 9.17) is 5.11 Å². The van der Waals surface area contributed by atoms with Crippen molar-refractivity contribution >= 4 is 5.91 Å². The lowest BCUT2D eigenvalue weighted by atomic mass is 10.3. The fourth-order valence-corrected chi connectivity index (χ4v) is 1.40. The van der Waals surface area contributed by atoms with Gasteiger partial charge in [-0.2, -0.15) is 0 Å². The molecule has 1 aromatic heterocycles. The van der Waals surface area contributed by atoms with Crippen LogP contribution in [0.1, 0.15) is 6.42 Å². The second-order valence-electron chi connectivity index (χ2n) is 3.40. The summed E-state index contributed by atoms with van der Waals surface area (Å²) < 4.78 is 1.85. The molecule has 0 saturated heterocycles. The van der Waals surface area contributed by atoms with E-state index >= 15 is 0 Å². The average molecular weight is 223 g/mol. The van der Waals surface area contributed by atoms with Crippen molar-refractivity contribution in [3.63, 3.8) is 0 Å². The molecule has 0 fully saturated rings. The highest BCUT2D eigenvalue weighted by Gasteiger charge is 2.10. The molecule has 5 heteroatoms.